The van der Waals surface area contributed by atoms with E-state index < -0.39 is 6.10 Å². The first-order valence-electron chi connectivity index (χ1n) is 4.92. The minimum atomic E-state index is -0.482. The second-order valence-corrected chi connectivity index (χ2v) is 4.02. The Kier molecular flexibility index (Phi) is 3.22. The molecule has 1 aromatic heterocycles. The van der Waals surface area contributed by atoms with Crippen LogP contribution in [0, 0.1) is 0 Å². The highest BCUT2D eigenvalue weighted by Gasteiger charge is 2.10. The summed E-state index contributed by atoms with van der Waals surface area (Å²) in [6, 6.07) is 7.18. The van der Waals surface area contributed by atoms with E-state index in [1.807, 2.05) is 12.1 Å². The Balaban J connectivity index is 2.24. The predicted molar refractivity (Wildman–Crippen MR) is 60.1 cm³/mol. The van der Waals surface area contributed by atoms with Crippen LogP contribution in [0.15, 0.2) is 28.8 Å². The summed E-state index contributed by atoms with van der Waals surface area (Å²) in [7, 11) is 0. The van der Waals surface area contributed by atoms with E-state index in [2.05, 4.69) is 10.1 Å². The number of hydrogen-bond acceptors (Lipinski definition) is 4. The first-order chi connectivity index (χ1) is 7.65. The topological polar surface area (TPSA) is 59.2 Å². The van der Waals surface area contributed by atoms with E-state index in [0.29, 0.717) is 23.2 Å². The minimum Gasteiger partial charge on any atom is -0.393 e. The SMILES string of the molecule is CC(O)Cc1noc(-c2cccc(Cl)c2)n1. The normalized spacial score (nSPS) is 12.7. The number of rotatable bonds is 3. The van der Waals surface area contributed by atoms with Gasteiger partial charge in [0, 0.05) is 17.0 Å². The Morgan fingerprint density at radius 2 is 2.31 bits per heavy atom. The Labute approximate surface area is 97.9 Å². The Bertz CT molecular complexity index is 482. The van der Waals surface area contributed by atoms with Gasteiger partial charge in [-0.25, -0.2) is 0 Å². The first-order valence-corrected chi connectivity index (χ1v) is 5.29. The molecule has 0 aliphatic rings. The molecule has 0 fully saturated rings. The third kappa shape index (κ3) is 2.59. The number of benzene rings is 1. The molecule has 0 bridgehead atoms. The Morgan fingerprint density at radius 1 is 1.50 bits per heavy atom. The molecule has 0 amide bonds. The zero-order valence-corrected chi connectivity index (χ0v) is 9.48. The van der Waals surface area contributed by atoms with Gasteiger partial charge in [-0.2, -0.15) is 4.98 Å². The van der Waals surface area contributed by atoms with Crippen LogP contribution >= 0.6 is 11.6 Å². The van der Waals surface area contributed by atoms with Crippen LogP contribution in [0.5, 0.6) is 0 Å². The van der Waals surface area contributed by atoms with E-state index in [4.69, 9.17) is 16.1 Å². The van der Waals surface area contributed by atoms with Crippen molar-refractivity contribution >= 4 is 11.6 Å². The van der Waals surface area contributed by atoms with E-state index in [1.165, 1.54) is 0 Å². The van der Waals surface area contributed by atoms with Crippen molar-refractivity contribution in [2.24, 2.45) is 0 Å². The number of nitrogens with zero attached hydrogens (tertiary/aromatic N) is 2. The molecule has 0 spiro atoms. The number of aliphatic hydroxyl groups is 1. The molecule has 16 heavy (non-hydrogen) atoms. The van der Waals surface area contributed by atoms with E-state index in [0.717, 1.165) is 5.56 Å². The van der Waals surface area contributed by atoms with Crippen LogP contribution in [0.2, 0.25) is 5.02 Å². The molecule has 1 N–H and O–H groups in total. The summed E-state index contributed by atoms with van der Waals surface area (Å²) >= 11 is 5.86. The van der Waals surface area contributed by atoms with Crippen molar-refractivity contribution in [1.29, 1.82) is 0 Å². The van der Waals surface area contributed by atoms with Crippen molar-refractivity contribution in [3.63, 3.8) is 0 Å². The van der Waals surface area contributed by atoms with Gasteiger partial charge in [-0.05, 0) is 25.1 Å². The highest BCUT2D eigenvalue weighted by molar-refractivity contribution is 6.30. The number of halogens is 1. The van der Waals surface area contributed by atoms with Crippen LogP contribution in [0.4, 0.5) is 0 Å². The molecule has 1 atom stereocenters. The summed E-state index contributed by atoms with van der Waals surface area (Å²) in [4.78, 5) is 4.17. The monoisotopic (exact) mass is 238 g/mol. The summed E-state index contributed by atoms with van der Waals surface area (Å²) in [5, 5.41) is 13.6. The average molecular weight is 239 g/mol. The third-order valence-electron chi connectivity index (χ3n) is 2.02. The summed E-state index contributed by atoms with van der Waals surface area (Å²) in [6.07, 6.45) is -0.103. The quantitative estimate of drug-likeness (QED) is 0.892. The fourth-order valence-electron chi connectivity index (χ4n) is 1.34. The summed E-state index contributed by atoms with van der Waals surface area (Å²) in [6.45, 7) is 1.68. The Hall–Kier alpha value is -1.39. The Morgan fingerprint density at radius 3 is 3.00 bits per heavy atom. The van der Waals surface area contributed by atoms with Crippen LogP contribution in [0.3, 0.4) is 0 Å². The van der Waals surface area contributed by atoms with Crippen molar-refractivity contribution in [2.75, 3.05) is 0 Å². The fraction of sp³-hybridized carbons (Fsp3) is 0.273. The molecular formula is C11H11ClN2O2. The molecule has 1 unspecified atom stereocenters. The summed E-state index contributed by atoms with van der Waals surface area (Å²) in [5.41, 5.74) is 0.775. The van der Waals surface area contributed by atoms with E-state index in [-0.39, 0.29) is 0 Å². The van der Waals surface area contributed by atoms with E-state index >= 15 is 0 Å². The van der Waals surface area contributed by atoms with Gasteiger partial charge in [0.15, 0.2) is 5.82 Å². The van der Waals surface area contributed by atoms with Crippen molar-refractivity contribution < 1.29 is 9.63 Å². The molecular weight excluding hydrogens is 228 g/mol. The second-order valence-electron chi connectivity index (χ2n) is 3.58. The predicted octanol–water partition coefficient (Wildman–Crippen LogP) is 2.31. The first kappa shape index (κ1) is 11.1. The van der Waals surface area contributed by atoms with Gasteiger partial charge >= 0.3 is 0 Å². The van der Waals surface area contributed by atoms with Crippen LogP contribution in [0.25, 0.3) is 11.5 Å². The van der Waals surface area contributed by atoms with Gasteiger partial charge < -0.3 is 9.63 Å². The van der Waals surface area contributed by atoms with Crippen LogP contribution < -0.4 is 0 Å². The standard InChI is InChI=1S/C11H11ClN2O2/c1-7(15)5-10-13-11(16-14-10)8-3-2-4-9(12)6-8/h2-4,6-7,15H,5H2,1H3. The zero-order valence-electron chi connectivity index (χ0n) is 8.72. The minimum absolute atomic E-state index is 0.379. The molecule has 0 aliphatic carbocycles. The van der Waals surface area contributed by atoms with Gasteiger partial charge in [0.1, 0.15) is 0 Å². The van der Waals surface area contributed by atoms with Crippen molar-refractivity contribution in [1.82, 2.24) is 10.1 Å². The smallest absolute Gasteiger partial charge is 0.257 e. The zero-order chi connectivity index (χ0) is 11.5. The van der Waals surface area contributed by atoms with Crippen LogP contribution in [0.1, 0.15) is 12.7 Å². The number of aromatic nitrogens is 2. The second kappa shape index (κ2) is 4.63. The van der Waals surface area contributed by atoms with E-state index in [1.54, 1.807) is 19.1 Å². The highest BCUT2D eigenvalue weighted by atomic mass is 35.5. The van der Waals surface area contributed by atoms with Gasteiger partial charge in [0.05, 0.1) is 6.10 Å². The molecule has 84 valence electrons. The fourth-order valence-corrected chi connectivity index (χ4v) is 1.53. The molecule has 0 aliphatic heterocycles. The molecule has 1 aromatic carbocycles. The molecule has 2 rings (SSSR count). The lowest BCUT2D eigenvalue weighted by atomic mass is 10.2. The lowest BCUT2D eigenvalue weighted by Gasteiger charge is -1.96. The van der Waals surface area contributed by atoms with Gasteiger partial charge in [0.2, 0.25) is 0 Å². The summed E-state index contributed by atoms with van der Waals surface area (Å²) < 4.78 is 5.08. The van der Waals surface area contributed by atoms with Crippen molar-refractivity contribution in [3.05, 3.63) is 35.1 Å². The molecule has 0 saturated carbocycles. The molecule has 2 aromatic rings. The molecule has 0 saturated heterocycles. The van der Waals surface area contributed by atoms with Gasteiger partial charge in [-0.1, -0.05) is 22.8 Å². The molecule has 1 heterocycles. The largest absolute Gasteiger partial charge is 0.393 e. The molecule has 5 heteroatoms. The number of aliphatic hydroxyl groups excluding tert-OH is 1. The molecule has 4 nitrogen and oxygen atoms in total. The molecule has 0 radical (unpaired) electrons. The van der Waals surface area contributed by atoms with Crippen LogP contribution in [-0.4, -0.2) is 21.4 Å². The van der Waals surface area contributed by atoms with Gasteiger partial charge in [-0.3, -0.25) is 0 Å². The van der Waals surface area contributed by atoms with Crippen LogP contribution in [-0.2, 0) is 6.42 Å². The van der Waals surface area contributed by atoms with Crippen molar-refractivity contribution in [3.8, 4) is 11.5 Å². The van der Waals surface area contributed by atoms with Gasteiger partial charge in [0.25, 0.3) is 5.89 Å². The lowest BCUT2D eigenvalue weighted by Crippen LogP contribution is -2.05. The summed E-state index contributed by atoms with van der Waals surface area (Å²) in [5.74, 6) is 0.906. The maximum Gasteiger partial charge on any atom is 0.257 e. The number of hydrogen-bond donors (Lipinski definition) is 1. The average Bonchev–Trinajstić information content (AvgIpc) is 2.65. The maximum absolute atomic E-state index is 9.19. The lowest BCUT2D eigenvalue weighted by molar-refractivity contribution is 0.191. The van der Waals surface area contributed by atoms with Crippen molar-refractivity contribution in [2.45, 2.75) is 19.4 Å². The highest BCUT2D eigenvalue weighted by Crippen LogP contribution is 2.21. The maximum atomic E-state index is 9.19. The third-order valence-corrected chi connectivity index (χ3v) is 2.25. The van der Waals surface area contributed by atoms with E-state index in [9.17, 15) is 5.11 Å². The van der Waals surface area contributed by atoms with Gasteiger partial charge in [-0.15, -0.1) is 0 Å².